The predicted molar refractivity (Wildman–Crippen MR) is 87.9 cm³/mol. The Kier molecular flexibility index (Phi) is 4.78. The monoisotopic (exact) mass is 304 g/mol. The second-order valence-corrected chi connectivity index (χ2v) is 7.58. The van der Waals surface area contributed by atoms with E-state index in [2.05, 4.69) is 24.0 Å². The molecule has 0 unspecified atom stereocenters. The molecule has 1 amide bonds. The van der Waals surface area contributed by atoms with E-state index in [-0.39, 0.29) is 6.09 Å². The minimum absolute atomic E-state index is 0.191. The Labute approximate surface area is 133 Å². The van der Waals surface area contributed by atoms with Crippen LogP contribution in [0.5, 0.6) is 0 Å². The van der Waals surface area contributed by atoms with Gasteiger partial charge in [0.2, 0.25) is 0 Å². The summed E-state index contributed by atoms with van der Waals surface area (Å²) in [6.07, 6.45) is 0.800. The van der Waals surface area contributed by atoms with Gasteiger partial charge >= 0.3 is 6.09 Å². The van der Waals surface area contributed by atoms with Gasteiger partial charge < -0.3 is 9.64 Å². The van der Waals surface area contributed by atoms with Crippen LogP contribution in [0.1, 0.15) is 44.6 Å². The molecule has 1 aliphatic rings. The maximum atomic E-state index is 12.2. The number of hydrogen-bond donors (Lipinski definition) is 0. The van der Waals surface area contributed by atoms with Gasteiger partial charge in [0, 0.05) is 24.5 Å². The summed E-state index contributed by atoms with van der Waals surface area (Å²) in [4.78, 5) is 18.5. The predicted octanol–water partition coefficient (Wildman–Crippen LogP) is 3.74. The van der Waals surface area contributed by atoms with Crippen LogP contribution >= 0.6 is 0 Å². The molecule has 122 valence electrons. The molecule has 0 radical (unpaired) electrons. The molecule has 4 nitrogen and oxygen atoms in total. The summed E-state index contributed by atoms with van der Waals surface area (Å²) in [6, 6.07) is 4.30. The lowest BCUT2D eigenvalue weighted by molar-refractivity contribution is 0.0284. The number of hydrogen-bond acceptors (Lipinski definition) is 3. The van der Waals surface area contributed by atoms with Gasteiger partial charge in [0.15, 0.2) is 0 Å². The van der Waals surface area contributed by atoms with Crippen molar-refractivity contribution in [2.45, 2.75) is 53.6 Å². The molecule has 1 aromatic rings. The number of amides is 1. The van der Waals surface area contributed by atoms with Gasteiger partial charge in [-0.15, -0.1) is 0 Å². The van der Waals surface area contributed by atoms with E-state index in [0.29, 0.717) is 11.8 Å². The van der Waals surface area contributed by atoms with Crippen LogP contribution < -0.4 is 0 Å². The SMILES string of the molecule is Cc1cc(C[C@H]2CN(C(=O)OC(C)(C)C)C[C@@H]2C)cc(C)n1. The lowest BCUT2D eigenvalue weighted by atomic mass is 9.91. The summed E-state index contributed by atoms with van der Waals surface area (Å²) in [5.74, 6) is 0.968. The second kappa shape index (κ2) is 6.27. The van der Waals surface area contributed by atoms with Crippen LogP contribution in [-0.2, 0) is 11.2 Å². The molecule has 1 fully saturated rings. The largest absolute Gasteiger partial charge is 0.444 e. The van der Waals surface area contributed by atoms with Crippen LogP contribution in [0, 0.1) is 25.7 Å². The van der Waals surface area contributed by atoms with Gasteiger partial charge in [-0.05, 0) is 70.6 Å². The summed E-state index contributed by atoms with van der Waals surface area (Å²) in [6.45, 7) is 13.6. The Morgan fingerprint density at radius 2 is 1.86 bits per heavy atom. The molecule has 2 atom stereocenters. The Morgan fingerprint density at radius 3 is 2.41 bits per heavy atom. The number of rotatable bonds is 2. The van der Waals surface area contributed by atoms with E-state index in [1.807, 2.05) is 39.5 Å². The molecule has 0 aliphatic carbocycles. The minimum Gasteiger partial charge on any atom is -0.444 e. The van der Waals surface area contributed by atoms with Crippen LogP contribution in [0.25, 0.3) is 0 Å². The smallest absolute Gasteiger partial charge is 0.410 e. The van der Waals surface area contributed by atoms with Crippen LogP contribution in [0.15, 0.2) is 12.1 Å². The fourth-order valence-corrected chi connectivity index (χ4v) is 3.12. The van der Waals surface area contributed by atoms with E-state index in [1.165, 1.54) is 5.56 Å². The van der Waals surface area contributed by atoms with Gasteiger partial charge in [0.1, 0.15) is 5.60 Å². The fourth-order valence-electron chi connectivity index (χ4n) is 3.12. The Hall–Kier alpha value is -1.58. The topological polar surface area (TPSA) is 42.4 Å². The first kappa shape index (κ1) is 16.8. The van der Waals surface area contributed by atoms with Crippen LogP contribution in [0.4, 0.5) is 4.79 Å². The van der Waals surface area contributed by atoms with Gasteiger partial charge in [-0.1, -0.05) is 6.92 Å². The van der Waals surface area contributed by atoms with Crippen molar-refractivity contribution in [2.75, 3.05) is 13.1 Å². The standard InChI is InChI=1S/C18H28N2O2/c1-12-10-20(17(21)22-18(4,5)6)11-16(12)9-15-7-13(2)19-14(3)8-15/h7-8,12,16H,9-11H2,1-6H3/t12-,16-/m0/s1. The molecule has 0 spiro atoms. The molecule has 0 N–H and O–H groups in total. The number of carbonyl (C=O) groups excluding carboxylic acids is 1. The van der Waals surface area contributed by atoms with Gasteiger partial charge in [0.05, 0.1) is 0 Å². The lowest BCUT2D eigenvalue weighted by Crippen LogP contribution is -2.35. The third-order valence-electron chi connectivity index (χ3n) is 4.06. The number of likely N-dealkylation sites (tertiary alicyclic amines) is 1. The molecular weight excluding hydrogens is 276 g/mol. The van der Waals surface area contributed by atoms with Crippen LogP contribution in [-0.4, -0.2) is 34.7 Å². The number of carbonyl (C=O) groups is 1. The van der Waals surface area contributed by atoms with E-state index in [0.717, 1.165) is 30.9 Å². The Balaban J connectivity index is 2.00. The van der Waals surface area contributed by atoms with E-state index in [9.17, 15) is 4.79 Å². The summed E-state index contributed by atoms with van der Waals surface area (Å²) in [5, 5.41) is 0. The Bertz CT molecular complexity index is 528. The van der Waals surface area contributed by atoms with Crippen molar-refractivity contribution in [1.82, 2.24) is 9.88 Å². The van der Waals surface area contributed by atoms with Crippen LogP contribution in [0.3, 0.4) is 0 Å². The summed E-state index contributed by atoms with van der Waals surface area (Å²) in [5.41, 5.74) is 3.00. The third-order valence-corrected chi connectivity index (χ3v) is 4.06. The highest BCUT2D eigenvalue weighted by Gasteiger charge is 2.34. The van der Waals surface area contributed by atoms with E-state index < -0.39 is 5.60 Å². The quantitative estimate of drug-likeness (QED) is 0.836. The second-order valence-electron chi connectivity index (χ2n) is 7.58. The molecule has 1 saturated heterocycles. The molecule has 1 aliphatic heterocycles. The molecule has 2 heterocycles. The summed E-state index contributed by atoms with van der Waals surface area (Å²) in [7, 11) is 0. The maximum Gasteiger partial charge on any atom is 0.410 e. The van der Waals surface area contributed by atoms with Gasteiger partial charge in [-0.25, -0.2) is 4.79 Å². The van der Waals surface area contributed by atoms with Crippen molar-refractivity contribution in [3.8, 4) is 0 Å². The normalized spacial score (nSPS) is 22.0. The first-order chi connectivity index (χ1) is 10.1. The van der Waals surface area contributed by atoms with Crippen molar-refractivity contribution in [2.24, 2.45) is 11.8 Å². The zero-order valence-corrected chi connectivity index (χ0v) is 14.6. The fraction of sp³-hybridized carbons (Fsp3) is 0.667. The first-order valence-electron chi connectivity index (χ1n) is 8.06. The molecule has 0 saturated carbocycles. The molecule has 1 aromatic heterocycles. The highest BCUT2D eigenvalue weighted by molar-refractivity contribution is 5.68. The zero-order chi connectivity index (χ0) is 16.5. The van der Waals surface area contributed by atoms with Crippen molar-refractivity contribution in [3.05, 3.63) is 29.1 Å². The lowest BCUT2D eigenvalue weighted by Gasteiger charge is -2.24. The van der Waals surface area contributed by atoms with Crippen molar-refractivity contribution in [3.63, 3.8) is 0 Å². The molecule has 22 heavy (non-hydrogen) atoms. The molecular formula is C18H28N2O2. The van der Waals surface area contributed by atoms with E-state index in [1.54, 1.807) is 0 Å². The number of aryl methyl sites for hydroxylation is 2. The van der Waals surface area contributed by atoms with Gasteiger partial charge in [-0.3, -0.25) is 4.98 Å². The van der Waals surface area contributed by atoms with Gasteiger partial charge in [0.25, 0.3) is 0 Å². The van der Waals surface area contributed by atoms with Gasteiger partial charge in [-0.2, -0.15) is 0 Å². The maximum absolute atomic E-state index is 12.2. The highest BCUT2D eigenvalue weighted by Crippen LogP contribution is 2.28. The average Bonchev–Trinajstić information content (AvgIpc) is 2.67. The Morgan fingerprint density at radius 1 is 1.27 bits per heavy atom. The van der Waals surface area contributed by atoms with Crippen molar-refractivity contribution in [1.29, 1.82) is 0 Å². The molecule has 0 aromatic carbocycles. The highest BCUT2D eigenvalue weighted by atomic mass is 16.6. The van der Waals surface area contributed by atoms with E-state index >= 15 is 0 Å². The zero-order valence-electron chi connectivity index (χ0n) is 14.6. The van der Waals surface area contributed by atoms with E-state index in [4.69, 9.17) is 4.74 Å². The third kappa shape index (κ3) is 4.46. The molecule has 2 rings (SSSR count). The van der Waals surface area contributed by atoms with Crippen molar-refractivity contribution >= 4 is 6.09 Å². The number of ether oxygens (including phenoxy) is 1. The first-order valence-corrected chi connectivity index (χ1v) is 8.06. The molecule has 4 heteroatoms. The van der Waals surface area contributed by atoms with Crippen LogP contribution in [0.2, 0.25) is 0 Å². The molecule has 0 bridgehead atoms. The average molecular weight is 304 g/mol. The number of pyridine rings is 1. The summed E-state index contributed by atoms with van der Waals surface area (Å²) < 4.78 is 5.48. The van der Waals surface area contributed by atoms with Crippen molar-refractivity contribution < 1.29 is 9.53 Å². The number of aromatic nitrogens is 1. The minimum atomic E-state index is -0.433. The number of nitrogens with zero attached hydrogens (tertiary/aromatic N) is 2. The summed E-state index contributed by atoms with van der Waals surface area (Å²) >= 11 is 0.